The lowest BCUT2D eigenvalue weighted by atomic mass is 10.0. The third-order valence-corrected chi connectivity index (χ3v) is 8.23. The van der Waals surface area contributed by atoms with Gasteiger partial charge in [0.05, 0.1) is 11.4 Å². The molecule has 1 aliphatic rings. The highest BCUT2D eigenvalue weighted by Gasteiger charge is 2.30. The molecule has 36 heavy (non-hydrogen) atoms. The van der Waals surface area contributed by atoms with Gasteiger partial charge in [-0.05, 0) is 24.1 Å². The molecule has 2 atom stereocenters. The van der Waals surface area contributed by atoms with Crippen molar-refractivity contribution in [3.63, 3.8) is 0 Å². The molecule has 0 radical (unpaired) electrons. The third-order valence-electron chi connectivity index (χ3n) is 6.96. The van der Waals surface area contributed by atoms with Crippen LogP contribution >= 0.6 is 11.8 Å². The van der Waals surface area contributed by atoms with Crippen molar-refractivity contribution in [2.24, 2.45) is 0 Å². The average Bonchev–Trinajstić information content (AvgIpc) is 3.36. The number of unbranched alkanes of at least 4 members (excludes halogenated alkanes) is 15. The first-order valence-electron chi connectivity index (χ1n) is 14.6. The number of anilines is 1. The summed E-state index contributed by atoms with van der Waals surface area (Å²) >= 11 is 1.76. The lowest BCUT2D eigenvalue weighted by molar-refractivity contribution is -0.122. The van der Waals surface area contributed by atoms with Gasteiger partial charge >= 0.3 is 0 Å². The Morgan fingerprint density at radius 1 is 0.806 bits per heavy atom. The van der Waals surface area contributed by atoms with Crippen molar-refractivity contribution in [1.82, 2.24) is 10.6 Å². The molecule has 5 nitrogen and oxygen atoms in total. The average molecular weight is 518 g/mol. The van der Waals surface area contributed by atoms with E-state index in [9.17, 15) is 9.59 Å². The van der Waals surface area contributed by atoms with Gasteiger partial charge in [-0.25, -0.2) is 0 Å². The fourth-order valence-corrected chi connectivity index (χ4v) is 6.01. The maximum atomic E-state index is 12.5. The van der Waals surface area contributed by atoms with E-state index in [0.29, 0.717) is 0 Å². The molecule has 2 amide bonds. The van der Waals surface area contributed by atoms with Crippen molar-refractivity contribution in [3.8, 4) is 0 Å². The first-order chi connectivity index (χ1) is 17.6. The zero-order valence-electron chi connectivity index (χ0n) is 22.9. The molecule has 0 saturated carbocycles. The fourth-order valence-electron chi connectivity index (χ4n) is 4.77. The number of benzene rings is 1. The Labute approximate surface area is 224 Å². The van der Waals surface area contributed by atoms with E-state index in [1.54, 1.807) is 11.8 Å². The summed E-state index contributed by atoms with van der Waals surface area (Å²) in [4.78, 5) is 23.7. The van der Waals surface area contributed by atoms with Crippen LogP contribution in [-0.2, 0) is 9.59 Å². The highest BCUT2D eigenvalue weighted by atomic mass is 32.2. The van der Waals surface area contributed by atoms with Crippen LogP contribution in [0.15, 0.2) is 24.3 Å². The number of thioether (sulfide) groups is 1. The molecule has 3 N–H and O–H groups in total. The second-order valence-electron chi connectivity index (χ2n) is 10.3. The number of carbonyl (C=O) groups is 2. The Hall–Kier alpha value is -1.53. The first kappa shape index (κ1) is 30.7. The lowest BCUT2D eigenvalue weighted by Gasteiger charge is -2.14. The predicted octanol–water partition coefficient (Wildman–Crippen LogP) is 7.73. The van der Waals surface area contributed by atoms with Crippen LogP contribution in [0, 0.1) is 0 Å². The molecule has 0 spiro atoms. The summed E-state index contributed by atoms with van der Waals surface area (Å²) in [5.41, 5.74) is 1.92. The minimum Gasteiger partial charge on any atom is -0.355 e. The number of nitrogens with one attached hydrogen (secondary N) is 3. The van der Waals surface area contributed by atoms with Crippen molar-refractivity contribution < 1.29 is 9.59 Å². The topological polar surface area (TPSA) is 70.2 Å². The molecule has 0 aromatic heterocycles. The van der Waals surface area contributed by atoms with Gasteiger partial charge in [0.15, 0.2) is 0 Å². The molecule has 204 valence electrons. The normalized spacial score (nSPS) is 17.3. The van der Waals surface area contributed by atoms with Crippen LogP contribution in [0.25, 0.3) is 0 Å². The zero-order valence-corrected chi connectivity index (χ0v) is 23.7. The van der Waals surface area contributed by atoms with E-state index in [2.05, 4.69) is 22.9 Å². The van der Waals surface area contributed by atoms with Gasteiger partial charge in [0, 0.05) is 24.9 Å². The van der Waals surface area contributed by atoms with Crippen molar-refractivity contribution in [2.75, 3.05) is 17.6 Å². The second-order valence-corrected chi connectivity index (χ2v) is 11.5. The summed E-state index contributed by atoms with van der Waals surface area (Å²) in [6.45, 7) is 4.56. The summed E-state index contributed by atoms with van der Waals surface area (Å²) in [7, 11) is 0. The summed E-state index contributed by atoms with van der Waals surface area (Å²) in [5.74, 6) is 0.820. The quantitative estimate of drug-likeness (QED) is 0.155. The Bertz CT molecular complexity index is 725. The molecular formula is C30H51N3O2S. The molecule has 1 aliphatic heterocycles. The van der Waals surface area contributed by atoms with E-state index in [-0.39, 0.29) is 23.2 Å². The van der Waals surface area contributed by atoms with Crippen molar-refractivity contribution >= 4 is 29.3 Å². The summed E-state index contributed by atoms with van der Waals surface area (Å²) in [6, 6.07) is 7.68. The molecule has 1 heterocycles. The van der Waals surface area contributed by atoms with Crippen LogP contribution in [0.2, 0.25) is 0 Å². The molecule has 1 aromatic rings. The molecule has 1 aromatic carbocycles. The second kappa shape index (κ2) is 19.6. The summed E-state index contributed by atoms with van der Waals surface area (Å²) in [6.07, 6.45) is 21.8. The van der Waals surface area contributed by atoms with Crippen molar-refractivity contribution in [2.45, 2.75) is 128 Å². The molecule has 1 saturated heterocycles. The lowest BCUT2D eigenvalue weighted by Crippen LogP contribution is -2.42. The largest absolute Gasteiger partial charge is 0.355 e. The maximum Gasteiger partial charge on any atom is 0.238 e. The number of hydrogen-bond donors (Lipinski definition) is 3. The fraction of sp³-hybridized carbons (Fsp3) is 0.733. The van der Waals surface area contributed by atoms with Gasteiger partial charge in [-0.2, -0.15) is 0 Å². The van der Waals surface area contributed by atoms with E-state index < -0.39 is 0 Å². The minimum atomic E-state index is -0.143. The maximum absolute atomic E-state index is 12.5. The number of rotatable bonds is 20. The monoisotopic (exact) mass is 517 g/mol. The van der Waals surface area contributed by atoms with E-state index >= 15 is 0 Å². The van der Waals surface area contributed by atoms with Gasteiger partial charge in [-0.3, -0.25) is 14.9 Å². The molecule has 0 aliphatic carbocycles. The van der Waals surface area contributed by atoms with Crippen molar-refractivity contribution in [1.29, 1.82) is 0 Å². The van der Waals surface area contributed by atoms with Crippen LogP contribution in [0.4, 0.5) is 5.69 Å². The Kier molecular flexibility index (Phi) is 16.7. The SMILES string of the molecule is CCCCCCCCCCCCCCCCCCNC(=O)[C@@H]1CSC(c2ccc(NC(C)=O)cc2)N1. The molecule has 1 fully saturated rings. The van der Waals surface area contributed by atoms with Crippen LogP contribution in [0.5, 0.6) is 0 Å². The van der Waals surface area contributed by atoms with Gasteiger partial charge in [0.25, 0.3) is 0 Å². The highest BCUT2D eigenvalue weighted by molar-refractivity contribution is 7.99. The summed E-state index contributed by atoms with van der Waals surface area (Å²) in [5, 5.41) is 9.45. The van der Waals surface area contributed by atoms with Crippen LogP contribution < -0.4 is 16.0 Å². The van der Waals surface area contributed by atoms with E-state index in [1.165, 1.54) is 103 Å². The van der Waals surface area contributed by atoms with Crippen LogP contribution in [-0.4, -0.2) is 30.2 Å². The van der Waals surface area contributed by atoms with E-state index in [4.69, 9.17) is 0 Å². The smallest absolute Gasteiger partial charge is 0.238 e. The van der Waals surface area contributed by atoms with E-state index in [1.807, 2.05) is 24.3 Å². The minimum absolute atomic E-state index is 0.0720. The van der Waals surface area contributed by atoms with Crippen LogP contribution in [0.3, 0.4) is 0 Å². The first-order valence-corrected chi connectivity index (χ1v) is 15.7. The van der Waals surface area contributed by atoms with Gasteiger partial charge in [-0.15, -0.1) is 11.8 Å². The van der Waals surface area contributed by atoms with E-state index in [0.717, 1.165) is 30.0 Å². The number of carbonyl (C=O) groups excluding carboxylic acids is 2. The predicted molar refractivity (Wildman–Crippen MR) is 155 cm³/mol. The van der Waals surface area contributed by atoms with Gasteiger partial charge < -0.3 is 10.6 Å². The molecular weight excluding hydrogens is 466 g/mol. The van der Waals surface area contributed by atoms with Crippen LogP contribution in [0.1, 0.15) is 128 Å². The molecule has 2 rings (SSSR count). The zero-order chi connectivity index (χ0) is 25.8. The standard InChI is InChI=1S/C30H51N3O2S/c1-3-4-5-6-7-8-9-10-11-12-13-14-15-16-17-18-23-31-29(35)28-24-36-30(33-28)26-19-21-27(22-20-26)32-25(2)34/h19-22,28,30,33H,3-18,23-24H2,1-2H3,(H,31,35)(H,32,34)/t28-,30?/m0/s1. The highest BCUT2D eigenvalue weighted by Crippen LogP contribution is 2.33. The van der Waals surface area contributed by atoms with Gasteiger partial charge in [0.2, 0.25) is 11.8 Å². The summed E-state index contributed by atoms with van der Waals surface area (Å²) < 4.78 is 0. The molecule has 6 heteroatoms. The Morgan fingerprint density at radius 2 is 1.31 bits per heavy atom. The molecule has 1 unspecified atom stereocenters. The number of amides is 2. The Balaban J connectivity index is 1.39. The van der Waals surface area contributed by atoms with Gasteiger partial charge in [-0.1, -0.05) is 115 Å². The number of hydrogen-bond acceptors (Lipinski definition) is 4. The Morgan fingerprint density at radius 3 is 1.81 bits per heavy atom. The van der Waals surface area contributed by atoms with Gasteiger partial charge in [0.1, 0.15) is 0 Å². The third kappa shape index (κ3) is 13.7. The molecule has 0 bridgehead atoms. The van der Waals surface area contributed by atoms with Crippen molar-refractivity contribution in [3.05, 3.63) is 29.8 Å².